The molecule has 4 heteroatoms. The fourth-order valence-corrected chi connectivity index (χ4v) is 1.67. The van der Waals surface area contributed by atoms with E-state index in [1.165, 1.54) is 0 Å². The van der Waals surface area contributed by atoms with Crippen LogP contribution in [0.4, 0.5) is 0 Å². The molecule has 0 atom stereocenters. The van der Waals surface area contributed by atoms with Crippen LogP contribution in [0, 0.1) is 18.3 Å². The van der Waals surface area contributed by atoms with E-state index in [2.05, 4.69) is 6.07 Å². The van der Waals surface area contributed by atoms with Crippen molar-refractivity contribution >= 4 is 17.6 Å². The Kier molecular flexibility index (Phi) is 4.33. The molecule has 0 amide bonds. The molecule has 0 aliphatic carbocycles. The average molecular weight is 238 g/mol. The van der Waals surface area contributed by atoms with Gasteiger partial charge in [0.1, 0.15) is 0 Å². The SMILES string of the molecule is CCOC(=O)c1cc(C)c(C#N)c(CCl)c1. The molecule has 0 saturated carbocycles. The van der Waals surface area contributed by atoms with Crippen LogP contribution in [0.5, 0.6) is 0 Å². The standard InChI is InChI=1S/C12H12ClNO2/c1-3-16-12(15)9-4-8(2)11(7-14)10(5-9)6-13/h4-5H,3,6H2,1-2H3. The maximum atomic E-state index is 11.5. The van der Waals surface area contributed by atoms with Gasteiger partial charge >= 0.3 is 5.97 Å². The van der Waals surface area contributed by atoms with Gasteiger partial charge in [0.2, 0.25) is 0 Å². The average Bonchev–Trinajstić information content (AvgIpc) is 2.28. The fraction of sp³-hybridized carbons (Fsp3) is 0.333. The number of rotatable bonds is 3. The largest absolute Gasteiger partial charge is 0.462 e. The van der Waals surface area contributed by atoms with Crippen molar-refractivity contribution in [3.05, 3.63) is 34.4 Å². The van der Waals surface area contributed by atoms with Crippen LogP contribution in [0.15, 0.2) is 12.1 Å². The van der Waals surface area contributed by atoms with Gasteiger partial charge in [-0.15, -0.1) is 11.6 Å². The lowest BCUT2D eigenvalue weighted by Gasteiger charge is -2.07. The van der Waals surface area contributed by atoms with Crippen molar-refractivity contribution in [3.8, 4) is 6.07 Å². The first-order valence-corrected chi connectivity index (χ1v) is 5.44. The number of benzene rings is 1. The smallest absolute Gasteiger partial charge is 0.338 e. The third kappa shape index (κ3) is 2.53. The number of hydrogen-bond acceptors (Lipinski definition) is 3. The maximum Gasteiger partial charge on any atom is 0.338 e. The van der Waals surface area contributed by atoms with Crippen molar-refractivity contribution in [3.63, 3.8) is 0 Å². The molecule has 0 aliphatic heterocycles. The van der Waals surface area contributed by atoms with Crippen molar-refractivity contribution in [2.45, 2.75) is 19.7 Å². The molecule has 0 aliphatic rings. The lowest BCUT2D eigenvalue weighted by Crippen LogP contribution is -2.06. The molecule has 0 fully saturated rings. The van der Waals surface area contributed by atoms with Crippen molar-refractivity contribution in [2.75, 3.05) is 6.61 Å². The summed E-state index contributed by atoms with van der Waals surface area (Å²) in [6.07, 6.45) is 0. The van der Waals surface area contributed by atoms with Crippen LogP contribution in [-0.2, 0) is 10.6 Å². The summed E-state index contributed by atoms with van der Waals surface area (Å²) < 4.78 is 4.89. The Morgan fingerprint density at radius 3 is 2.75 bits per heavy atom. The van der Waals surface area contributed by atoms with Crippen molar-refractivity contribution in [1.29, 1.82) is 5.26 Å². The van der Waals surface area contributed by atoms with Gasteiger partial charge in [0.25, 0.3) is 0 Å². The fourth-order valence-electron chi connectivity index (χ4n) is 1.46. The second-order valence-electron chi connectivity index (χ2n) is 3.29. The van der Waals surface area contributed by atoms with Crippen molar-refractivity contribution in [1.82, 2.24) is 0 Å². The van der Waals surface area contributed by atoms with Gasteiger partial charge in [0.05, 0.1) is 23.8 Å². The summed E-state index contributed by atoms with van der Waals surface area (Å²) in [4.78, 5) is 11.5. The molecule has 0 heterocycles. The molecule has 0 radical (unpaired) electrons. The van der Waals surface area contributed by atoms with E-state index in [4.69, 9.17) is 21.6 Å². The molecule has 3 nitrogen and oxygen atoms in total. The third-order valence-corrected chi connectivity index (χ3v) is 2.47. The number of nitriles is 1. The molecule has 0 bridgehead atoms. The maximum absolute atomic E-state index is 11.5. The van der Waals surface area contributed by atoms with E-state index in [9.17, 15) is 4.79 Å². The van der Waals surface area contributed by atoms with Gasteiger partial charge in [0.15, 0.2) is 0 Å². The summed E-state index contributed by atoms with van der Waals surface area (Å²) in [5.41, 5.74) is 2.37. The number of carbonyl (C=O) groups excluding carboxylic acids is 1. The molecular weight excluding hydrogens is 226 g/mol. The number of ether oxygens (including phenoxy) is 1. The summed E-state index contributed by atoms with van der Waals surface area (Å²) in [6.45, 7) is 3.85. The Morgan fingerprint density at radius 1 is 1.56 bits per heavy atom. The van der Waals surface area contributed by atoms with Crippen molar-refractivity contribution < 1.29 is 9.53 Å². The Hall–Kier alpha value is -1.53. The minimum Gasteiger partial charge on any atom is -0.462 e. The van der Waals surface area contributed by atoms with Gasteiger partial charge in [-0.2, -0.15) is 5.26 Å². The molecular formula is C12H12ClNO2. The van der Waals surface area contributed by atoms with Crippen LogP contribution in [0.25, 0.3) is 0 Å². The van der Waals surface area contributed by atoms with Crippen LogP contribution < -0.4 is 0 Å². The summed E-state index contributed by atoms with van der Waals surface area (Å²) in [7, 11) is 0. The number of aryl methyl sites for hydroxylation is 1. The van der Waals surface area contributed by atoms with Crippen LogP contribution in [0.3, 0.4) is 0 Å². The first-order chi connectivity index (χ1) is 7.63. The first-order valence-electron chi connectivity index (χ1n) is 4.90. The zero-order chi connectivity index (χ0) is 12.1. The van der Waals surface area contributed by atoms with Crippen LogP contribution in [-0.4, -0.2) is 12.6 Å². The minimum absolute atomic E-state index is 0.205. The molecule has 0 spiro atoms. The van der Waals surface area contributed by atoms with Gasteiger partial charge in [-0.05, 0) is 37.1 Å². The Balaban J connectivity index is 3.21. The van der Waals surface area contributed by atoms with E-state index >= 15 is 0 Å². The van der Waals surface area contributed by atoms with E-state index in [-0.39, 0.29) is 11.8 Å². The van der Waals surface area contributed by atoms with Gasteiger partial charge in [-0.3, -0.25) is 0 Å². The highest BCUT2D eigenvalue weighted by molar-refractivity contribution is 6.17. The molecule has 84 valence electrons. The Morgan fingerprint density at radius 2 is 2.25 bits per heavy atom. The number of halogens is 1. The van der Waals surface area contributed by atoms with Gasteiger partial charge in [-0.1, -0.05) is 0 Å². The predicted molar refractivity (Wildman–Crippen MR) is 61.4 cm³/mol. The highest BCUT2D eigenvalue weighted by atomic mass is 35.5. The molecule has 0 aromatic heterocycles. The number of hydrogen-bond donors (Lipinski definition) is 0. The summed E-state index contributed by atoms with van der Waals surface area (Å²) in [5.74, 6) is -0.182. The summed E-state index contributed by atoms with van der Waals surface area (Å²) in [6, 6.07) is 5.33. The highest BCUT2D eigenvalue weighted by Gasteiger charge is 2.12. The zero-order valence-corrected chi connectivity index (χ0v) is 9.97. The second-order valence-corrected chi connectivity index (χ2v) is 3.56. The van der Waals surface area contributed by atoms with E-state index in [0.29, 0.717) is 23.3 Å². The number of carbonyl (C=O) groups is 1. The molecule has 16 heavy (non-hydrogen) atoms. The molecule has 1 aromatic rings. The molecule has 0 saturated heterocycles. The number of alkyl halides is 1. The predicted octanol–water partition coefficient (Wildman–Crippen LogP) is 2.78. The molecule has 1 rings (SSSR count). The summed E-state index contributed by atoms with van der Waals surface area (Å²) >= 11 is 5.73. The quantitative estimate of drug-likeness (QED) is 0.600. The van der Waals surface area contributed by atoms with Gasteiger partial charge in [0, 0.05) is 5.88 Å². The molecule has 0 unspecified atom stereocenters. The van der Waals surface area contributed by atoms with Gasteiger partial charge < -0.3 is 4.74 Å². The topological polar surface area (TPSA) is 50.1 Å². The third-order valence-electron chi connectivity index (χ3n) is 2.18. The highest BCUT2D eigenvalue weighted by Crippen LogP contribution is 2.19. The van der Waals surface area contributed by atoms with E-state index in [1.54, 1.807) is 26.0 Å². The van der Waals surface area contributed by atoms with Gasteiger partial charge in [-0.25, -0.2) is 4.79 Å². The Bertz CT molecular complexity index is 449. The minimum atomic E-state index is -0.388. The lowest BCUT2D eigenvalue weighted by atomic mass is 10.0. The van der Waals surface area contributed by atoms with Crippen molar-refractivity contribution in [2.24, 2.45) is 0 Å². The monoisotopic (exact) mass is 237 g/mol. The van der Waals surface area contributed by atoms with Crippen LogP contribution in [0.1, 0.15) is 34.0 Å². The van der Waals surface area contributed by atoms with Crippen LogP contribution in [0.2, 0.25) is 0 Å². The Labute approximate surface area is 99.6 Å². The van der Waals surface area contributed by atoms with E-state index in [0.717, 1.165) is 5.56 Å². The van der Waals surface area contributed by atoms with E-state index < -0.39 is 0 Å². The summed E-state index contributed by atoms with van der Waals surface area (Å²) in [5, 5.41) is 8.94. The lowest BCUT2D eigenvalue weighted by molar-refractivity contribution is 0.0526. The first kappa shape index (κ1) is 12.5. The normalized spacial score (nSPS) is 9.62. The zero-order valence-electron chi connectivity index (χ0n) is 9.21. The molecule has 0 N–H and O–H groups in total. The van der Waals surface area contributed by atoms with Crippen LogP contribution >= 0.6 is 11.6 Å². The number of nitrogens with zero attached hydrogens (tertiary/aromatic N) is 1. The van der Waals surface area contributed by atoms with E-state index in [1.807, 2.05) is 0 Å². The second kappa shape index (κ2) is 5.53. The molecule has 1 aromatic carbocycles. The number of esters is 1.